The van der Waals surface area contributed by atoms with Crippen molar-refractivity contribution in [3.8, 4) is 0 Å². The van der Waals surface area contributed by atoms with Gasteiger partial charge < -0.3 is 15.8 Å². The summed E-state index contributed by atoms with van der Waals surface area (Å²) in [5.74, 6) is 0.826. The second kappa shape index (κ2) is 7.18. The van der Waals surface area contributed by atoms with Crippen LogP contribution in [0.1, 0.15) is 38.5 Å². The van der Waals surface area contributed by atoms with Crippen LogP contribution in [0.4, 0.5) is 0 Å². The van der Waals surface area contributed by atoms with E-state index in [1.54, 1.807) is 0 Å². The maximum absolute atomic E-state index is 13.0. The molecule has 5 heteroatoms. The minimum atomic E-state index is -0.152. The van der Waals surface area contributed by atoms with Crippen LogP contribution in [0.25, 0.3) is 0 Å². The highest BCUT2D eigenvalue weighted by Crippen LogP contribution is 2.28. The number of hydrogen-bond acceptors (Lipinski definition) is 5. The Morgan fingerprint density at radius 1 is 1.14 bits per heavy atom. The topological polar surface area (TPSA) is 67.6 Å². The normalized spacial score (nSPS) is 31.4. The van der Waals surface area contributed by atoms with E-state index in [4.69, 9.17) is 10.5 Å². The number of Topliss-reactive ketones (excluding diaryl/α,β-unsaturated/α-hetero) is 1. The Morgan fingerprint density at radius 3 is 2.48 bits per heavy atom. The molecule has 0 radical (unpaired) electrons. The van der Waals surface area contributed by atoms with E-state index in [1.807, 2.05) is 0 Å². The van der Waals surface area contributed by atoms with Gasteiger partial charge in [-0.2, -0.15) is 0 Å². The molecule has 120 valence electrons. The Hall–Kier alpha value is -0.490. The fourth-order valence-corrected chi connectivity index (χ4v) is 4.06. The number of rotatable bonds is 4. The lowest BCUT2D eigenvalue weighted by molar-refractivity contribution is -0.136. The van der Waals surface area contributed by atoms with E-state index in [0.29, 0.717) is 17.7 Å². The standard InChI is InChI=1S/C16H29N3O2/c17-13-5-9-19(10-6-13)15(12-3-7-18-8-4-12)16(20)14-2-1-11-21-14/h12-15,18H,1-11,17H2/t14-,15?/m0/s1. The van der Waals surface area contributed by atoms with E-state index in [-0.39, 0.29) is 12.1 Å². The average molecular weight is 295 g/mol. The van der Waals surface area contributed by atoms with Gasteiger partial charge in [-0.15, -0.1) is 0 Å². The molecular weight excluding hydrogens is 266 g/mol. The van der Waals surface area contributed by atoms with Crippen LogP contribution in [0.3, 0.4) is 0 Å². The van der Waals surface area contributed by atoms with Crippen molar-refractivity contribution in [1.29, 1.82) is 0 Å². The van der Waals surface area contributed by atoms with E-state index < -0.39 is 0 Å². The number of carbonyl (C=O) groups is 1. The lowest BCUT2D eigenvalue weighted by Crippen LogP contribution is -2.55. The Balaban J connectivity index is 1.71. The van der Waals surface area contributed by atoms with Crippen LogP contribution in [0.2, 0.25) is 0 Å². The number of carbonyl (C=O) groups excluding carboxylic acids is 1. The van der Waals surface area contributed by atoms with Crippen molar-refractivity contribution in [3.63, 3.8) is 0 Å². The SMILES string of the molecule is NC1CCN(C(C(=O)[C@@H]2CCCO2)C2CCNCC2)CC1. The third-order valence-electron chi connectivity index (χ3n) is 5.34. The molecule has 2 atom stereocenters. The predicted molar refractivity (Wildman–Crippen MR) is 82.1 cm³/mol. The molecule has 3 rings (SSSR count). The lowest BCUT2D eigenvalue weighted by atomic mass is 9.83. The number of piperidine rings is 2. The van der Waals surface area contributed by atoms with Gasteiger partial charge in [0.25, 0.3) is 0 Å². The van der Waals surface area contributed by atoms with Crippen molar-refractivity contribution >= 4 is 5.78 Å². The first kappa shape index (κ1) is 15.4. The average Bonchev–Trinajstić information content (AvgIpc) is 3.05. The first-order chi connectivity index (χ1) is 10.3. The van der Waals surface area contributed by atoms with Crippen LogP contribution in [0.5, 0.6) is 0 Å². The van der Waals surface area contributed by atoms with Gasteiger partial charge in [0.15, 0.2) is 5.78 Å². The Bertz CT molecular complexity index is 343. The molecule has 5 nitrogen and oxygen atoms in total. The van der Waals surface area contributed by atoms with E-state index in [2.05, 4.69) is 10.2 Å². The number of nitrogens with one attached hydrogen (secondary N) is 1. The Morgan fingerprint density at radius 2 is 1.86 bits per heavy atom. The quantitative estimate of drug-likeness (QED) is 0.792. The molecule has 21 heavy (non-hydrogen) atoms. The highest BCUT2D eigenvalue weighted by atomic mass is 16.5. The molecule has 3 heterocycles. The molecule has 0 spiro atoms. The minimum absolute atomic E-state index is 0.0581. The van der Waals surface area contributed by atoms with Crippen LogP contribution in [-0.4, -0.2) is 61.7 Å². The van der Waals surface area contributed by atoms with E-state index >= 15 is 0 Å². The fraction of sp³-hybridized carbons (Fsp3) is 0.938. The molecular formula is C16H29N3O2. The van der Waals surface area contributed by atoms with Gasteiger partial charge in [0.2, 0.25) is 0 Å². The van der Waals surface area contributed by atoms with Crippen molar-refractivity contribution in [2.45, 2.75) is 56.7 Å². The van der Waals surface area contributed by atoms with Gasteiger partial charge in [0.05, 0.1) is 6.04 Å². The van der Waals surface area contributed by atoms with Crippen LogP contribution in [0.15, 0.2) is 0 Å². The molecule has 0 aromatic heterocycles. The van der Waals surface area contributed by atoms with E-state index in [1.165, 1.54) is 0 Å². The van der Waals surface area contributed by atoms with Crippen molar-refractivity contribution in [3.05, 3.63) is 0 Å². The van der Waals surface area contributed by atoms with Crippen molar-refractivity contribution in [2.75, 3.05) is 32.8 Å². The van der Waals surface area contributed by atoms with Gasteiger partial charge in [-0.05, 0) is 57.5 Å². The molecule has 0 amide bonds. The molecule has 3 aliphatic rings. The van der Waals surface area contributed by atoms with Crippen LogP contribution >= 0.6 is 0 Å². The summed E-state index contributed by atoms with van der Waals surface area (Å²) in [4.78, 5) is 15.4. The number of ketones is 1. The number of nitrogens with zero attached hydrogens (tertiary/aromatic N) is 1. The summed E-state index contributed by atoms with van der Waals surface area (Å²) >= 11 is 0. The predicted octanol–water partition coefficient (Wildman–Crippen LogP) is 0.526. The smallest absolute Gasteiger partial charge is 0.178 e. The third-order valence-corrected chi connectivity index (χ3v) is 5.34. The summed E-state index contributed by atoms with van der Waals surface area (Å²) in [6.45, 7) is 4.75. The summed E-state index contributed by atoms with van der Waals surface area (Å²) in [6, 6.07) is 0.371. The molecule has 0 aliphatic carbocycles. The number of likely N-dealkylation sites (tertiary alicyclic amines) is 1. The van der Waals surface area contributed by atoms with Crippen LogP contribution in [0, 0.1) is 5.92 Å². The molecule has 1 unspecified atom stereocenters. The Labute approximate surface area is 127 Å². The largest absolute Gasteiger partial charge is 0.370 e. The Kier molecular flexibility index (Phi) is 5.27. The number of ether oxygens (including phenoxy) is 1. The molecule has 3 saturated heterocycles. The molecule has 3 fully saturated rings. The summed E-state index contributed by atoms with van der Waals surface area (Å²) < 4.78 is 5.68. The summed E-state index contributed by atoms with van der Waals surface area (Å²) in [7, 11) is 0. The zero-order valence-electron chi connectivity index (χ0n) is 12.9. The maximum atomic E-state index is 13.0. The molecule has 0 aromatic carbocycles. The number of nitrogens with two attached hydrogens (primary N) is 1. The van der Waals surface area contributed by atoms with Crippen LogP contribution in [-0.2, 0) is 9.53 Å². The second-order valence-electron chi connectivity index (χ2n) is 6.81. The summed E-state index contributed by atoms with van der Waals surface area (Å²) in [5, 5.41) is 3.41. The van der Waals surface area contributed by atoms with E-state index in [0.717, 1.165) is 71.3 Å². The first-order valence-electron chi connectivity index (χ1n) is 8.61. The van der Waals surface area contributed by atoms with Gasteiger partial charge in [-0.3, -0.25) is 9.69 Å². The van der Waals surface area contributed by atoms with Crippen molar-refractivity contribution < 1.29 is 9.53 Å². The van der Waals surface area contributed by atoms with Gasteiger partial charge in [-0.25, -0.2) is 0 Å². The maximum Gasteiger partial charge on any atom is 0.178 e. The zero-order valence-corrected chi connectivity index (χ0v) is 12.9. The molecule has 3 aliphatic heterocycles. The third kappa shape index (κ3) is 3.65. The van der Waals surface area contributed by atoms with E-state index in [9.17, 15) is 4.79 Å². The van der Waals surface area contributed by atoms with Crippen molar-refractivity contribution in [2.24, 2.45) is 11.7 Å². The molecule has 3 N–H and O–H groups in total. The van der Waals surface area contributed by atoms with Gasteiger partial charge in [0, 0.05) is 25.7 Å². The molecule has 0 saturated carbocycles. The lowest BCUT2D eigenvalue weighted by Gasteiger charge is -2.41. The summed E-state index contributed by atoms with van der Waals surface area (Å²) in [5.41, 5.74) is 6.03. The highest BCUT2D eigenvalue weighted by molar-refractivity contribution is 5.88. The fourth-order valence-electron chi connectivity index (χ4n) is 4.06. The molecule has 0 aromatic rings. The number of hydrogen-bond donors (Lipinski definition) is 2. The van der Waals surface area contributed by atoms with Crippen molar-refractivity contribution in [1.82, 2.24) is 10.2 Å². The van der Waals surface area contributed by atoms with Crippen LogP contribution < -0.4 is 11.1 Å². The van der Waals surface area contributed by atoms with Gasteiger partial charge in [0.1, 0.15) is 6.10 Å². The first-order valence-corrected chi connectivity index (χ1v) is 8.61. The van der Waals surface area contributed by atoms with Gasteiger partial charge >= 0.3 is 0 Å². The second-order valence-corrected chi connectivity index (χ2v) is 6.81. The van der Waals surface area contributed by atoms with Gasteiger partial charge in [-0.1, -0.05) is 0 Å². The monoisotopic (exact) mass is 295 g/mol. The zero-order chi connectivity index (χ0) is 14.7. The highest BCUT2D eigenvalue weighted by Gasteiger charge is 2.39. The molecule has 0 bridgehead atoms. The minimum Gasteiger partial charge on any atom is -0.370 e. The summed E-state index contributed by atoms with van der Waals surface area (Å²) in [6.07, 6.45) is 6.02.